The minimum atomic E-state index is -0.266. The van der Waals surface area contributed by atoms with Gasteiger partial charge in [0.1, 0.15) is 5.82 Å². The fraction of sp³-hybridized carbons (Fsp3) is 0.500. The van der Waals surface area contributed by atoms with E-state index in [1.54, 1.807) is 11.8 Å². The number of nitrogens with one attached hydrogen (secondary N) is 2. The van der Waals surface area contributed by atoms with Crippen molar-refractivity contribution in [3.8, 4) is 5.69 Å². The SMILES string of the molecule is COCCNCCNC(=O)c1nc(C)n(-c2ccccc2C(C)C)n1. The van der Waals surface area contributed by atoms with Gasteiger partial charge in [-0.1, -0.05) is 32.0 Å². The number of benzene rings is 1. The predicted octanol–water partition coefficient (Wildman–Crippen LogP) is 1.66. The van der Waals surface area contributed by atoms with Gasteiger partial charge in [0.05, 0.1) is 12.3 Å². The van der Waals surface area contributed by atoms with Crippen LogP contribution >= 0.6 is 0 Å². The highest BCUT2D eigenvalue weighted by atomic mass is 16.5. The van der Waals surface area contributed by atoms with E-state index in [0.717, 1.165) is 12.2 Å². The van der Waals surface area contributed by atoms with Crippen LogP contribution in [0.25, 0.3) is 5.69 Å². The first kappa shape index (κ1) is 19.1. The molecule has 136 valence electrons. The van der Waals surface area contributed by atoms with Crippen molar-refractivity contribution in [3.63, 3.8) is 0 Å². The van der Waals surface area contributed by atoms with Crippen LogP contribution in [0.2, 0.25) is 0 Å². The number of hydrogen-bond acceptors (Lipinski definition) is 5. The Bertz CT molecular complexity index is 697. The molecule has 0 fully saturated rings. The third kappa shape index (κ3) is 5.11. The normalized spacial score (nSPS) is 11.1. The second-order valence-electron chi connectivity index (χ2n) is 6.11. The monoisotopic (exact) mass is 345 g/mol. The number of methoxy groups -OCH3 is 1. The number of nitrogens with zero attached hydrogens (tertiary/aromatic N) is 3. The minimum absolute atomic E-state index is 0.188. The van der Waals surface area contributed by atoms with Crippen LogP contribution in [0.1, 0.15) is 41.8 Å². The lowest BCUT2D eigenvalue weighted by Gasteiger charge is -2.12. The molecule has 7 heteroatoms. The van der Waals surface area contributed by atoms with Crippen LogP contribution in [0.5, 0.6) is 0 Å². The van der Waals surface area contributed by atoms with Crippen LogP contribution in [0, 0.1) is 6.92 Å². The van der Waals surface area contributed by atoms with Gasteiger partial charge in [0.2, 0.25) is 5.82 Å². The maximum Gasteiger partial charge on any atom is 0.291 e. The molecule has 1 aromatic carbocycles. The van der Waals surface area contributed by atoms with E-state index < -0.39 is 0 Å². The van der Waals surface area contributed by atoms with Crippen LogP contribution in [0.3, 0.4) is 0 Å². The molecule has 1 amide bonds. The highest BCUT2D eigenvalue weighted by molar-refractivity contribution is 5.90. The van der Waals surface area contributed by atoms with Gasteiger partial charge in [-0.15, -0.1) is 5.10 Å². The van der Waals surface area contributed by atoms with E-state index >= 15 is 0 Å². The van der Waals surface area contributed by atoms with E-state index in [9.17, 15) is 4.79 Å². The number of ether oxygens (including phenoxy) is 1. The summed E-state index contributed by atoms with van der Waals surface area (Å²) in [5.74, 6) is 0.970. The van der Waals surface area contributed by atoms with Crippen LogP contribution in [0.15, 0.2) is 24.3 Å². The van der Waals surface area contributed by atoms with Gasteiger partial charge in [0, 0.05) is 26.7 Å². The second kappa shape index (κ2) is 9.29. The van der Waals surface area contributed by atoms with Gasteiger partial charge < -0.3 is 15.4 Å². The van der Waals surface area contributed by atoms with Gasteiger partial charge in [0.15, 0.2) is 0 Å². The standard InChI is InChI=1S/C18H27N5O2/c1-13(2)15-7-5-6-8-16(15)23-14(3)21-17(22-23)18(24)20-10-9-19-11-12-25-4/h5-8,13,19H,9-12H2,1-4H3,(H,20,24). The summed E-state index contributed by atoms with van der Waals surface area (Å²) in [6.45, 7) is 8.71. The van der Waals surface area contributed by atoms with Crippen molar-refractivity contribution in [1.82, 2.24) is 25.4 Å². The first-order valence-electron chi connectivity index (χ1n) is 8.55. The van der Waals surface area contributed by atoms with E-state index in [1.807, 2.05) is 25.1 Å². The lowest BCUT2D eigenvalue weighted by molar-refractivity contribution is 0.0943. The van der Waals surface area contributed by atoms with E-state index in [4.69, 9.17) is 4.74 Å². The second-order valence-corrected chi connectivity index (χ2v) is 6.11. The fourth-order valence-electron chi connectivity index (χ4n) is 2.53. The van der Waals surface area contributed by atoms with Crippen LogP contribution in [0.4, 0.5) is 0 Å². The molecule has 0 aliphatic carbocycles. The van der Waals surface area contributed by atoms with Crippen molar-refractivity contribution >= 4 is 5.91 Å². The Hall–Kier alpha value is -2.25. The van der Waals surface area contributed by atoms with Gasteiger partial charge in [-0.2, -0.15) is 0 Å². The number of rotatable bonds is 9. The summed E-state index contributed by atoms with van der Waals surface area (Å²) < 4.78 is 6.69. The zero-order valence-electron chi connectivity index (χ0n) is 15.4. The number of carbonyl (C=O) groups excluding carboxylic acids is 1. The van der Waals surface area contributed by atoms with Crippen LogP contribution < -0.4 is 10.6 Å². The zero-order chi connectivity index (χ0) is 18.2. The molecule has 0 spiro atoms. The van der Waals surface area contributed by atoms with E-state index in [2.05, 4.69) is 40.6 Å². The van der Waals surface area contributed by atoms with Crippen molar-refractivity contribution in [1.29, 1.82) is 0 Å². The van der Waals surface area contributed by atoms with Crippen molar-refractivity contribution in [2.45, 2.75) is 26.7 Å². The molecule has 7 nitrogen and oxygen atoms in total. The topological polar surface area (TPSA) is 81.1 Å². The zero-order valence-corrected chi connectivity index (χ0v) is 15.4. The maximum absolute atomic E-state index is 12.2. The van der Waals surface area contributed by atoms with Gasteiger partial charge in [-0.25, -0.2) is 9.67 Å². The molecule has 0 bridgehead atoms. The number of carbonyl (C=O) groups is 1. The largest absolute Gasteiger partial charge is 0.383 e. The maximum atomic E-state index is 12.2. The predicted molar refractivity (Wildman–Crippen MR) is 97.3 cm³/mol. The van der Waals surface area contributed by atoms with Gasteiger partial charge in [-0.05, 0) is 24.5 Å². The summed E-state index contributed by atoms with van der Waals surface area (Å²) in [6.07, 6.45) is 0. The Morgan fingerprint density at radius 1 is 1.24 bits per heavy atom. The smallest absolute Gasteiger partial charge is 0.291 e. The van der Waals surface area contributed by atoms with Crippen LogP contribution in [-0.2, 0) is 4.74 Å². The van der Waals surface area contributed by atoms with Gasteiger partial charge >= 0.3 is 0 Å². The molecule has 0 aliphatic rings. The molecule has 0 radical (unpaired) electrons. The number of amides is 1. The van der Waals surface area contributed by atoms with E-state index in [0.29, 0.717) is 31.4 Å². The van der Waals surface area contributed by atoms with Crippen molar-refractivity contribution in [2.75, 3.05) is 33.4 Å². The number of para-hydroxylation sites is 1. The Morgan fingerprint density at radius 3 is 2.72 bits per heavy atom. The number of hydrogen-bond donors (Lipinski definition) is 2. The summed E-state index contributed by atoms with van der Waals surface area (Å²) in [4.78, 5) is 16.6. The van der Waals surface area contributed by atoms with E-state index in [1.165, 1.54) is 5.56 Å². The summed E-state index contributed by atoms with van der Waals surface area (Å²) in [7, 11) is 1.66. The van der Waals surface area contributed by atoms with Crippen molar-refractivity contribution in [3.05, 3.63) is 41.5 Å². The summed E-state index contributed by atoms with van der Waals surface area (Å²) in [5.41, 5.74) is 2.13. The summed E-state index contributed by atoms with van der Waals surface area (Å²) in [5, 5.41) is 10.4. The summed E-state index contributed by atoms with van der Waals surface area (Å²) >= 11 is 0. The summed E-state index contributed by atoms with van der Waals surface area (Å²) in [6, 6.07) is 8.05. The molecule has 1 aromatic heterocycles. The van der Waals surface area contributed by atoms with E-state index in [-0.39, 0.29) is 11.7 Å². The van der Waals surface area contributed by atoms with Gasteiger partial charge in [0.25, 0.3) is 5.91 Å². The molecule has 0 unspecified atom stereocenters. The van der Waals surface area contributed by atoms with Crippen LogP contribution in [-0.4, -0.2) is 54.0 Å². The molecule has 2 rings (SSSR count). The average molecular weight is 345 g/mol. The van der Waals surface area contributed by atoms with Crippen molar-refractivity contribution in [2.24, 2.45) is 0 Å². The molecule has 0 atom stereocenters. The molecule has 2 aromatic rings. The van der Waals surface area contributed by atoms with Crippen molar-refractivity contribution < 1.29 is 9.53 Å². The number of aromatic nitrogens is 3. The first-order valence-corrected chi connectivity index (χ1v) is 8.55. The molecule has 25 heavy (non-hydrogen) atoms. The average Bonchev–Trinajstić information content (AvgIpc) is 2.99. The molecule has 0 aliphatic heterocycles. The Labute approximate surface area is 148 Å². The minimum Gasteiger partial charge on any atom is -0.383 e. The molecule has 2 N–H and O–H groups in total. The molecule has 0 saturated heterocycles. The number of aryl methyl sites for hydroxylation is 1. The Morgan fingerprint density at radius 2 is 2.00 bits per heavy atom. The fourth-order valence-corrected chi connectivity index (χ4v) is 2.53. The Balaban J connectivity index is 2.04. The molecular formula is C18H27N5O2. The quantitative estimate of drug-likeness (QED) is 0.676. The molecule has 1 heterocycles. The highest BCUT2D eigenvalue weighted by Crippen LogP contribution is 2.23. The Kier molecular flexibility index (Phi) is 7.09. The molecule has 0 saturated carbocycles. The van der Waals surface area contributed by atoms with Gasteiger partial charge in [-0.3, -0.25) is 4.79 Å². The lowest BCUT2D eigenvalue weighted by Crippen LogP contribution is -2.33. The first-order chi connectivity index (χ1) is 12.0. The lowest BCUT2D eigenvalue weighted by atomic mass is 10.0. The third-order valence-electron chi connectivity index (χ3n) is 3.83. The highest BCUT2D eigenvalue weighted by Gasteiger charge is 2.17. The third-order valence-corrected chi connectivity index (χ3v) is 3.83. The molecular weight excluding hydrogens is 318 g/mol.